The monoisotopic (exact) mass is 688 g/mol. The van der Waals surface area contributed by atoms with E-state index < -0.39 is 31.8 Å². The van der Waals surface area contributed by atoms with Crippen molar-refractivity contribution in [2.75, 3.05) is 21.0 Å². The number of ether oxygens (including phenoxy) is 4. The van der Waals surface area contributed by atoms with Crippen molar-refractivity contribution >= 4 is 37.2 Å². The van der Waals surface area contributed by atoms with Crippen LogP contribution in [0.25, 0.3) is 11.0 Å². The third-order valence-electron chi connectivity index (χ3n) is 5.98. The van der Waals surface area contributed by atoms with E-state index in [0.717, 1.165) is 11.1 Å². The first-order valence-electron chi connectivity index (χ1n) is 13.0. The molecule has 10 heteroatoms. The van der Waals surface area contributed by atoms with Crippen molar-refractivity contribution in [3.05, 3.63) is 101 Å². The fourth-order valence-electron chi connectivity index (χ4n) is 4.14. The van der Waals surface area contributed by atoms with Crippen molar-refractivity contribution < 1.29 is 36.3 Å². The average molecular weight is 689 g/mol. The zero-order valence-corrected chi connectivity index (χ0v) is 26.2. The molecule has 0 fully saturated rings. The Kier molecular flexibility index (Phi) is 10.5. The van der Waals surface area contributed by atoms with Gasteiger partial charge in [0.25, 0.3) is 0 Å². The molecule has 1 aromatic heterocycles. The van der Waals surface area contributed by atoms with Crippen LogP contribution in [0.1, 0.15) is 31.9 Å². The maximum atomic E-state index is 13.4. The Bertz CT molecular complexity index is 1640. The van der Waals surface area contributed by atoms with Gasteiger partial charge in [0.15, 0.2) is 0 Å². The summed E-state index contributed by atoms with van der Waals surface area (Å²) in [4.78, 5) is 25.7. The maximum absolute atomic E-state index is 13.4. The molecule has 0 bridgehead atoms. The first-order chi connectivity index (χ1) is 20.2. The Hall–Kier alpha value is -4.03. The van der Waals surface area contributed by atoms with Gasteiger partial charge in [0.2, 0.25) is 0 Å². The van der Waals surface area contributed by atoms with Gasteiger partial charge in [-0.1, -0.05) is 0 Å². The second-order valence-electron chi connectivity index (χ2n) is 9.40. The van der Waals surface area contributed by atoms with Crippen LogP contribution in [0.2, 0.25) is 0 Å². The number of rotatable bonds is 12. The Labute approximate surface area is 251 Å². The Morgan fingerprint density at radius 3 is 2.43 bits per heavy atom. The number of aromatic hydroxyl groups is 1. The van der Waals surface area contributed by atoms with Crippen LogP contribution in [-0.4, -0.2) is 32.1 Å². The second-order valence-corrected chi connectivity index (χ2v) is 13.6. The molecule has 0 aliphatic carbocycles. The molecule has 0 aliphatic rings. The summed E-state index contributed by atoms with van der Waals surface area (Å²) < 4.78 is 34.5. The van der Waals surface area contributed by atoms with Crippen molar-refractivity contribution in [3.8, 4) is 23.0 Å². The number of carbonyl (C=O) groups excluding carboxylic acids is 1. The molecule has 0 saturated carbocycles. The summed E-state index contributed by atoms with van der Waals surface area (Å²) in [6.07, 6.45) is 2.40. The van der Waals surface area contributed by atoms with Crippen molar-refractivity contribution in [1.29, 1.82) is 0 Å². The fourth-order valence-corrected chi connectivity index (χ4v) is 8.23. The molecule has 0 atom stereocenters. The van der Waals surface area contributed by atoms with Gasteiger partial charge < -0.3 is 0 Å². The van der Waals surface area contributed by atoms with Crippen molar-refractivity contribution in [1.82, 2.24) is 0 Å². The number of fused-ring (bicyclic) bond motifs is 1. The van der Waals surface area contributed by atoms with Gasteiger partial charge in [0.1, 0.15) is 0 Å². The van der Waals surface area contributed by atoms with E-state index in [1.54, 1.807) is 24.3 Å². The van der Waals surface area contributed by atoms with E-state index in [4.69, 9.17) is 26.4 Å². The number of carbonyl (C=O) groups is 1. The number of allylic oxidation sites excluding steroid dienone is 2. The van der Waals surface area contributed by atoms with Crippen LogP contribution < -0.4 is 19.8 Å². The minimum atomic E-state index is -3.37. The predicted molar refractivity (Wildman–Crippen MR) is 167 cm³/mol. The van der Waals surface area contributed by atoms with Gasteiger partial charge in [-0.3, -0.25) is 0 Å². The molecule has 0 radical (unpaired) electrons. The van der Waals surface area contributed by atoms with Crippen LogP contribution in [-0.2, 0) is 25.6 Å². The first kappa shape index (κ1) is 30.9. The zero-order valence-electron chi connectivity index (χ0n) is 24.1. The first-order valence-corrected chi connectivity index (χ1v) is 16.1. The van der Waals surface area contributed by atoms with Crippen LogP contribution in [0, 0.1) is 7.14 Å². The molecule has 222 valence electrons. The zero-order chi connectivity index (χ0) is 30.2. The molecule has 42 heavy (non-hydrogen) atoms. The van der Waals surface area contributed by atoms with Crippen LogP contribution in [0.4, 0.5) is 0 Å². The van der Waals surface area contributed by atoms with E-state index in [1.807, 2.05) is 50.3 Å². The van der Waals surface area contributed by atoms with E-state index in [1.165, 1.54) is 27.2 Å². The van der Waals surface area contributed by atoms with Crippen LogP contribution in [0.15, 0.2) is 81.5 Å². The molecular weight excluding hydrogens is 655 g/mol. The topological polar surface area (TPSA) is 114 Å². The summed E-state index contributed by atoms with van der Waals surface area (Å²) in [5.74, 6) is 0.230. The third kappa shape index (κ3) is 7.24. The number of benzene rings is 3. The molecule has 0 spiro atoms. The molecule has 0 saturated heterocycles. The second kappa shape index (κ2) is 14.2. The van der Waals surface area contributed by atoms with Crippen LogP contribution in [0.5, 0.6) is 23.0 Å². The summed E-state index contributed by atoms with van der Waals surface area (Å²) in [7, 11) is 2.95. The fraction of sp³-hybridized carbons (Fsp3) is 0.250. The van der Waals surface area contributed by atoms with E-state index in [-0.39, 0.29) is 32.8 Å². The minimum absolute atomic E-state index is 0.0458. The third-order valence-corrected chi connectivity index (χ3v) is 10.8. The molecule has 4 aromatic rings. The molecule has 1 N–H and O–H groups in total. The molecule has 0 amide bonds. The molecule has 9 nitrogen and oxygen atoms in total. The van der Waals surface area contributed by atoms with Crippen molar-refractivity contribution in [3.63, 3.8) is 0 Å². The van der Waals surface area contributed by atoms with Crippen LogP contribution >= 0.6 is 20.2 Å². The summed E-state index contributed by atoms with van der Waals surface area (Å²) in [6.45, 7) is 5.47. The molecule has 3 aromatic carbocycles. The predicted octanol–water partition coefficient (Wildman–Crippen LogP) is 6.60. The number of hydrogen-bond donors (Lipinski definition) is 1. The number of methoxy groups -OCH3 is 2. The van der Waals surface area contributed by atoms with E-state index >= 15 is 0 Å². The van der Waals surface area contributed by atoms with Crippen molar-refractivity contribution in [2.45, 2.75) is 33.8 Å². The SMILES string of the molecule is COCOc1cc2oc(=O)c(I(OC(C)=O)c3cccc(OCc4ccccc4)c3)c(O)c2c(OC)c1CC=C(C)C. The molecular formula is C32H33IO9. The quantitative estimate of drug-likeness (QED) is 0.0761. The molecule has 0 unspecified atom stereocenters. The number of hydrogen-bond acceptors (Lipinski definition) is 9. The number of halogens is 1. The summed E-state index contributed by atoms with van der Waals surface area (Å²) >= 11 is -3.37. The van der Waals surface area contributed by atoms with E-state index in [0.29, 0.717) is 33.7 Å². The van der Waals surface area contributed by atoms with Gasteiger partial charge in [-0.2, -0.15) is 0 Å². The molecule has 0 aliphatic heterocycles. The standard InChI is InChI=1S/C32H33IO9/c1-20(2)14-15-25-26(40-19-37-4)17-27-28(31(25)38-5)30(35)29(32(36)41-27)33(42-21(3)34)23-12-9-13-24(16-23)39-18-22-10-7-6-8-11-22/h6-14,16-17,35H,15,18-19H2,1-5H3. The Morgan fingerprint density at radius 2 is 1.76 bits per heavy atom. The molecule has 4 rings (SSSR count). The summed E-state index contributed by atoms with van der Waals surface area (Å²) in [5.41, 5.74) is 1.91. The van der Waals surface area contributed by atoms with Crippen molar-refractivity contribution in [2.24, 2.45) is 0 Å². The van der Waals surface area contributed by atoms with Gasteiger partial charge in [-0.05, 0) is 0 Å². The Morgan fingerprint density at radius 1 is 1.00 bits per heavy atom. The average Bonchev–Trinajstić information content (AvgIpc) is 2.97. The van der Waals surface area contributed by atoms with E-state index in [9.17, 15) is 14.7 Å². The van der Waals surface area contributed by atoms with Gasteiger partial charge in [-0.15, -0.1) is 0 Å². The van der Waals surface area contributed by atoms with Gasteiger partial charge >= 0.3 is 252 Å². The van der Waals surface area contributed by atoms with Gasteiger partial charge in [0.05, 0.1) is 0 Å². The molecule has 1 heterocycles. The summed E-state index contributed by atoms with van der Waals surface area (Å²) in [5, 5.41) is 11.9. The van der Waals surface area contributed by atoms with Gasteiger partial charge in [0, 0.05) is 0 Å². The van der Waals surface area contributed by atoms with Crippen LogP contribution in [0.3, 0.4) is 0 Å². The van der Waals surface area contributed by atoms with E-state index in [2.05, 4.69) is 0 Å². The normalized spacial score (nSPS) is 11.1. The Balaban J connectivity index is 1.87. The summed E-state index contributed by atoms with van der Waals surface area (Å²) in [6, 6.07) is 18.2. The van der Waals surface area contributed by atoms with Gasteiger partial charge in [-0.25, -0.2) is 0 Å².